The Labute approximate surface area is 178 Å². The van der Waals surface area contributed by atoms with E-state index in [2.05, 4.69) is 0 Å². The van der Waals surface area contributed by atoms with E-state index in [9.17, 15) is 24.6 Å². The number of aliphatic hydroxyl groups is 1. The van der Waals surface area contributed by atoms with Crippen LogP contribution in [0.2, 0.25) is 0 Å². The Hall–Kier alpha value is -3.97. The third kappa shape index (κ3) is 3.78. The average Bonchev–Trinajstić information content (AvgIpc) is 3.11. The van der Waals surface area contributed by atoms with Crippen LogP contribution in [0.15, 0.2) is 78.9 Å². The van der Waals surface area contributed by atoms with Gasteiger partial charge in [-0.05, 0) is 41.0 Å². The SMILES string of the molecule is O=C(ON1C(=O)CCC1=O)c1ccc(C(O)(c2ccccc2)c2cccc(O)c2)cc1. The molecule has 1 heterocycles. The number of benzene rings is 3. The normalized spacial score (nSPS) is 15.6. The van der Waals surface area contributed by atoms with Crippen LogP contribution in [0, 0.1) is 0 Å². The van der Waals surface area contributed by atoms with Gasteiger partial charge in [0.1, 0.15) is 11.4 Å². The molecule has 7 nitrogen and oxygen atoms in total. The van der Waals surface area contributed by atoms with Gasteiger partial charge in [0.05, 0.1) is 5.56 Å². The van der Waals surface area contributed by atoms with Gasteiger partial charge in [-0.25, -0.2) is 4.79 Å². The highest BCUT2D eigenvalue weighted by molar-refractivity contribution is 6.02. The first-order chi connectivity index (χ1) is 14.9. The summed E-state index contributed by atoms with van der Waals surface area (Å²) in [4.78, 5) is 40.6. The molecule has 1 unspecified atom stereocenters. The maximum absolute atomic E-state index is 12.4. The molecule has 0 spiro atoms. The quantitative estimate of drug-likeness (QED) is 0.489. The Balaban J connectivity index is 1.68. The van der Waals surface area contributed by atoms with Crippen molar-refractivity contribution in [2.24, 2.45) is 0 Å². The van der Waals surface area contributed by atoms with Crippen LogP contribution in [0.1, 0.15) is 39.9 Å². The number of hydrogen-bond acceptors (Lipinski definition) is 6. The summed E-state index contributed by atoms with van der Waals surface area (Å²) in [5, 5.41) is 22.2. The number of aromatic hydroxyl groups is 1. The second-order valence-corrected chi connectivity index (χ2v) is 7.16. The molecule has 156 valence electrons. The summed E-state index contributed by atoms with van der Waals surface area (Å²) in [5.41, 5.74) is -0.00762. The first-order valence-corrected chi connectivity index (χ1v) is 9.65. The number of nitrogens with zero attached hydrogens (tertiary/aromatic N) is 1. The van der Waals surface area contributed by atoms with E-state index < -0.39 is 23.4 Å². The number of phenolic OH excluding ortho intramolecular Hbond substituents is 1. The van der Waals surface area contributed by atoms with Gasteiger partial charge >= 0.3 is 5.97 Å². The van der Waals surface area contributed by atoms with Crippen LogP contribution < -0.4 is 0 Å². The Bertz CT molecular complexity index is 1130. The fourth-order valence-electron chi connectivity index (χ4n) is 3.55. The van der Waals surface area contributed by atoms with Crippen LogP contribution in [0.25, 0.3) is 0 Å². The van der Waals surface area contributed by atoms with E-state index >= 15 is 0 Å². The number of hydroxylamine groups is 2. The minimum Gasteiger partial charge on any atom is -0.508 e. The van der Waals surface area contributed by atoms with Gasteiger partial charge < -0.3 is 15.1 Å². The van der Waals surface area contributed by atoms with E-state index in [0.717, 1.165) is 0 Å². The monoisotopic (exact) mass is 417 g/mol. The third-order valence-corrected chi connectivity index (χ3v) is 5.17. The highest BCUT2D eigenvalue weighted by Crippen LogP contribution is 2.37. The average molecular weight is 417 g/mol. The molecule has 3 aromatic rings. The van der Waals surface area contributed by atoms with E-state index in [1.54, 1.807) is 48.5 Å². The van der Waals surface area contributed by atoms with Gasteiger partial charge in [-0.15, -0.1) is 5.06 Å². The first kappa shape index (κ1) is 20.3. The number of imide groups is 1. The van der Waals surface area contributed by atoms with Gasteiger partial charge in [0.15, 0.2) is 0 Å². The number of rotatable bonds is 5. The predicted octanol–water partition coefficient (Wildman–Crippen LogP) is 2.90. The lowest BCUT2D eigenvalue weighted by Crippen LogP contribution is -2.32. The van der Waals surface area contributed by atoms with Crippen LogP contribution >= 0.6 is 0 Å². The van der Waals surface area contributed by atoms with Crippen LogP contribution in [0.3, 0.4) is 0 Å². The molecule has 0 aliphatic carbocycles. The Morgan fingerprint density at radius 3 is 2.00 bits per heavy atom. The summed E-state index contributed by atoms with van der Waals surface area (Å²) < 4.78 is 0. The molecule has 7 heteroatoms. The Kier molecular flexibility index (Phi) is 5.27. The third-order valence-electron chi connectivity index (χ3n) is 5.17. The number of amides is 2. The van der Waals surface area contributed by atoms with Crippen molar-refractivity contribution in [3.8, 4) is 5.75 Å². The molecule has 1 atom stereocenters. The fraction of sp³-hybridized carbons (Fsp3) is 0.125. The number of carbonyl (C=O) groups is 3. The summed E-state index contributed by atoms with van der Waals surface area (Å²) in [6.45, 7) is 0. The molecule has 1 saturated heterocycles. The highest BCUT2D eigenvalue weighted by atomic mass is 16.7. The van der Waals surface area contributed by atoms with Crippen LogP contribution in [-0.4, -0.2) is 33.1 Å². The summed E-state index contributed by atoms with van der Waals surface area (Å²) in [7, 11) is 0. The van der Waals surface area contributed by atoms with Crippen LogP contribution in [0.4, 0.5) is 0 Å². The van der Waals surface area contributed by atoms with Crippen LogP contribution in [-0.2, 0) is 20.0 Å². The molecule has 2 N–H and O–H groups in total. The lowest BCUT2D eigenvalue weighted by Gasteiger charge is -2.30. The largest absolute Gasteiger partial charge is 0.508 e. The Morgan fingerprint density at radius 2 is 1.39 bits per heavy atom. The van der Waals surface area contributed by atoms with Gasteiger partial charge in [-0.1, -0.05) is 54.6 Å². The number of hydrogen-bond donors (Lipinski definition) is 2. The van der Waals surface area contributed by atoms with E-state index in [1.165, 1.54) is 24.3 Å². The van der Waals surface area contributed by atoms with Crippen molar-refractivity contribution in [3.63, 3.8) is 0 Å². The maximum atomic E-state index is 12.4. The summed E-state index contributed by atoms with van der Waals surface area (Å²) in [5.74, 6) is -1.96. The molecule has 1 aliphatic heterocycles. The zero-order valence-electron chi connectivity index (χ0n) is 16.4. The summed E-state index contributed by atoms with van der Waals surface area (Å²) in [6, 6.07) is 21.2. The first-order valence-electron chi connectivity index (χ1n) is 9.65. The van der Waals surface area contributed by atoms with Crippen molar-refractivity contribution < 1.29 is 29.4 Å². The van der Waals surface area contributed by atoms with Gasteiger partial charge in [0.2, 0.25) is 0 Å². The molecule has 0 bridgehead atoms. The minimum absolute atomic E-state index is 0.00648. The second kappa shape index (κ2) is 8.04. The van der Waals surface area contributed by atoms with Crippen molar-refractivity contribution >= 4 is 17.8 Å². The molecule has 1 fully saturated rings. The molecule has 4 rings (SSSR count). The molecule has 2 amide bonds. The molecule has 1 aliphatic rings. The zero-order chi connectivity index (χ0) is 22.0. The van der Waals surface area contributed by atoms with Crippen LogP contribution in [0.5, 0.6) is 5.75 Å². The smallest absolute Gasteiger partial charge is 0.363 e. The second-order valence-electron chi connectivity index (χ2n) is 7.16. The van der Waals surface area contributed by atoms with E-state index in [1.807, 2.05) is 6.07 Å². The van der Waals surface area contributed by atoms with E-state index in [0.29, 0.717) is 21.8 Å². The number of phenols is 1. The lowest BCUT2D eigenvalue weighted by atomic mass is 9.80. The molecule has 31 heavy (non-hydrogen) atoms. The van der Waals surface area contributed by atoms with Gasteiger partial charge in [-0.3, -0.25) is 9.59 Å². The van der Waals surface area contributed by atoms with E-state index in [-0.39, 0.29) is 24.2 Å². The summed E-state index contributed by atoms with van der Waals surface area (Å²) in [6.07, 6.45) is 0.0260. The van der Waals surface area contributed by atoms with Gasteiger partial charge in [0.25, 0.3) is 11.8 Å². The lowest BCUT2D eigenvalue weighted by molar-refractivity contribution is -0.172. The zero-order valence-corrected chi connectivity index (χ0v) is 16.4. The summed E-state index contributed by atoms with van der Waals surface area (Å²) >= 11 is 0. The van der Waals surface area contributed by atoms with Crippen molar-refractivity contribution in [1.29, 1.82) is 0 Å². The molecular formula is C24H19NO6. The highest BCUT2D eigenvalue weighted by Gasteiger charge is 2.35. The topological polar surface area (TPSA) is 104 Å². The predicted molar refractivity (Wildman–Crippen MR) is 110 cm³/mol. The minimum atomic E-state index is -1.59. The Morgan fingerprint density at radius 1 is 0.806 bits per heavy atom. The van der Waals surface area contributed by atoms with Crippen molar-refractivity contribution in [2.75, 3.05) is 0 Å². The fourth-order valence-corrected chi connectivity index (χ4v) is 3.55. The van der Waals surface area contributed by atoms with Crippen molar-refractivity contribution in [2.45, 2.75) is 18.4 Å². The molecule has 0 aromatic heterocycles. The maximum Gasteiger partial charge on any atom is 0.363 e. The molecular weight excluding hydrogens is 398 g/mol. The molecule has 0 saturated carbocycles. The van der Waals surface area contributed by atoms with E-state index in [4.69, 9.17) is 4.84 Å². The number of carbonyl (C=O) groups excluding carboxylic acids is 3. The standard InChI is InChI=1S/C24H19NO6/c26-20-8-4-7-19(15-20)24(30,17-5-2-1-3-6-17)18-11-9-16(10-12-18)23(29)31-25-21(27)13-14-22(25)28/h1-12,15,26,30H,13-14H2. The van der Waals surface area contributed by atoms with Gasteiger partial charge in [-0.2, -0.15) is 0 Å². The van der Waals surface area contributed by atoms with Gasteiger partial charge in [0, 0.05) is 12.8 Å². The molecule has 3 aromatic carbocycles. The van der Waals surface area contributed by atoms with Crippen molar-refractivity contribution in [1.82, 2.24) is 5.06 Å². The van der Waals surface area contributed by atoms with Crippen molar-refractivity contribution in [3.05, 3.63) is 101 Å². The molecule has 0 radical (unpaired) electrons.